The zero-order valence-corrected chi connectivity index (χ0v) is 18.7. The number of nitrogens with zero attached hydrogens (tertiary/aromatic N) is 4. The topological polar surface area (TPSA) is 63.1 Å². The molecule has 1 aliphatic rings. The maximum atomic E-state index is 13.0. The highest BCUT2D eigenvalue weighted by Gasteiger charge is 2.19. The second-order valence-corrected chi connectivity index (χ2v) is 8.62. The van der Waals surface area contributed by atoms with Gasteiger partial charge in [-0.1, -0.05) is 38.1 Å². The fourth-order valence-corrected chi connectivity index (χ4v) is 4.03. The predicted molar refractivity (Wildman–Crippen MR) is 122 cm³/mol. The number of benzene rings is 2. The van der Waals surface area contributed by atoms with E-state index in [1.54, 1.807) is 0 Å². The van der Waals surface area contributed by atoms with Gasteiger partial charge in [0.2, 0.25) is 0 Å². The molecule has 0 spiro atoms. The van der Waals surface area contributed by atoms with E-state index >= 15 is 0 Å². The van der Waals surface area contributed by atoms with Gasteiger partial charge in [0.1, 0.15) is 17.5 Å². The van der Waals surface area contributed by atoms with E-state index in [9.17, 15) is 9.18 Å². The minimum absolute atomic E-state index is 0.213. The average molecular weight is 436 g/mol. The summed E-state index contributed by atoms with van der Waals surface area (Å²) in [5.74, 6) is 1.88. The molecule has 1 aliphatic heterocycles. The molecule has 0 saturated carbocycles. The molecule has 6 nitrogen and oxygen atoms in total. The molecule has 2 heterocycles. The summed E-state index contributed by atoms with van der Waals surface area (Å²) in [6.45, 7) is 8.54. The molecule has 0 radical (unpaired) electrons. The minimum atomic E-state index is -0.352. The van der Waals surface area contributed by atoms with Gasteiger partial charge in [-0.2, -0.15) is 0 Å². The van der Waals surface area contributed by atoms with Gasteiger partial charge < -0.3 is 9.88 Å². The van der Waals surface area contributed by atoms with Crippen molar-refractivity contribution in [1.29, 1.82) is 0 Å². The first-order valence-electron chi connectivity index (χ1n) is 11.3. The van der Waals surface area contributed by atoms with Crippen LogP contribution in [-0.2, 0) is 25.9 Å². The van der Waals surface area contributed by atoms with Gasteiger partial charge in [0.25, 0.3) is 5.91 Å². The SMILES string of the molecule is CC(C)c1ccc(CN2CCc3nnc(CCNC(=O)c4ccc(F)cc4)n3CC2)cc1. The fraction of sp³-hybridized carbons (Fsp3) is 0.400. The molecule has 1 N–H and O–H groups in total. The highest BCUT2D eigenvalue weighted by Crippen LogP contribution is 2.17. The Morgan fingerprint density at radius 1 is 1.03 bits per heavy atom. The molecule has 3 aromatic rings. The number of carbonyl (C=O) groups is 1. The van der Waals surface area contributed by atoms with Crippen LogP contribution in [0.25, 0.3) is 0 Å². The number of amides is 1. The van der Waals surface area contributed by atoms with Crippen LogP contribution in [0.3, 0.4) is 0 Å². The monoisotopic (exact) mass is 435 g/mol. The molecule has 1 amide bonds. The Morgan fingerprint density at radius 2 is 1.78 bits per heavy atom. The van der Waals surface area contributed by atoms with Crippen LogP contribution < -0.4 is 5.32 Å². The van der Waals surface area contributed by atoms with Crippen LogP contribution in [0.2, 0.25) is 0 Å². The molecule has 0 fully saturated rings. The van der Waals surface area contributed by atoms with Gasteiger partial charge in [0.05, 0.1) is 0 Å². The zero-order valence-electron chi connectivity index (χ0n) is 18.7. The van der Waals surface area contributed by atoms with Crippen LogP contribution in [0, 0.1) is 5.82 Å². The lowest BCUT2D eigenvalue weighted by Gasteiger charge is -2.20. The Labute approximate surface area is 188 Å². The van der Waals surface area contributed by atoms with Crippen LogP contribution in [0.1, 0.15) is 52.9 Å². The second kappa shape index (κ2) is 10.0. The summed E-state index contributed by atoms with van der Waals surface area (Å²) in [6.07, 6.45) is 1.47. The first kappa shape index (κ1) is 22.1. The van der Waals surface area contributed by atoms with Crippen molar-refractivity contribution in [1.82, 2.24) is 25.0 Å². The summed E-state index contributed by atoms with van der Waals surface area (Å²) in [5.41, 5.74) is 3.14. The fourth-order valence-electron chi connectivity index (χ4n) is 4.03. The van der Waals surface area contributed by atoms with Gasteiger partial charge in [-0.15, -0.1) is 10.2 Å². The molecule has 168 valence electrons. The molecule has 4 rings (SSSR count). The van der Waals surface area contributed by atoms with Crippen LogP contribution in [0.4, 0.5) is 4.39 Å². The molecule has 0 unspecified atom stereocenters. The van der Waals surface area contributed by atoms with Gasteiger partial charge in [-0.05, 0) is 41.3 Å². The van der Waals surface area contributed by atoms with Gasteiger partial charge >= 0.3 is 0 Å². The van der Waals surface area contributed by atoms with Crippen molar-refractivity contribution < 1.29 is 9.18 Å². The number of halogens is 1. The lowest BCUT2D eigenvalue weighted by Crippen LogP contribution is -2.28. The van der Waals surface area contributed by atoms with Crippen LogP contribution in [-0.4, -0.2) is 45.2 Å². The quantitative estimate of drug-likeness (QED) is 0.616. The highest BCUT2D eigenvalue weighted by molar-refractivity contribution is 5.94. The molecule has 2 aromatic carbocycles. The first-order chi connectivity index (χ1) is 15.5. The second-order valence-electron chi connectivity index (χ2n) is 8.62. The van der Waals surface area contributed by atoms with Gasteiger partial charge in [-0.3, -0.25) is 9.69 Å². The van der Waals surface area contributed by atoms with E-state index in [2.05, 4.69) is 63.1 Å². The number of fused-ring (bicyclic) bond motifs is 1. The van der Waals surface area contributed by atoms with E-state index in [0.717, 1.165) is 44.2 Å². The van der Waals surface area contributed by atoms with Gasteiger partial charge in [0.15, 0.2) is 0 Å². The maximum absolute atomic E-state index is 13.0. The number of hydrogen-bond donors (Lipinski definition) is 1. The average Bonchev–Trinajstić information content (AvgIpc) is 3.06. The van der Waals surface area contributed by atoms with Crippen molar-refractivity contribution in [2.24, 2.45) is 0 Å². The van der Waals surface area contributed by atoms with Crippen molar-refractivity contribution in [3.8, 4) is 0 Å². The number of hydrogen-bond acceptors (Lipinski definition) is 4. The Bertz CT molecular complexity index is 1040. The standard InChI is InChI=1S/C25H30FN5O/c1-18(2)20-5-3-19(4-6-20)17-30-14-12-24-29-28-23(31(24)16-15-30)11-13-27-25(32)21-7-9-22(26)10-8-21/h3-10,18H,11-17H2,1-2H3,(H,27,32). The molecule has 1 aromatic heterocycles. The van der Waals surface area contributed by atoms with Crippen molar-refractivity contribution in [2.75, 3.05) is 19.6 Å². The van der Waals surface area contributed by atoms with E-state index < -0.39 is 0 Å². The summed E-state index contributed by atoms with van der Waals surface area (Å²) >= 11 is 0. The molecule has 7 heteroatoms. The van der Waals surface area contributed by atoms with Crippen molar-refractivity contribution in [3.63, 3.8) is 0 Å². The minimum Gasteiger partial charge on any atom is -0.352 e. The Morgan fingerprint density at radius 3 is 2.50 bits per heavy atom. The number of nitrogens with one attached hydrogen (secondary N) is 1. The largest absolute Gasteiger partial charge is 0.352 e. The van der Waals surface area contributed by atoms with Crippen molar-refractivity contribution in [2.45, 2.75) is 45.7 Å². The smallest absolute Gasteiger partial charge is 0.251 e. The summed E-state index contributed by atoms with van der Waals surface area (Å²) in [7, 11) is 0. The predicted octanol–water partition coefficient (Wildman–Crippen LogP) is 3.57. The Balaban J connectivity index is 1.30. The summed E-state index contributed by atoms with van der Waals surface area (Å²) in [5, 5.41) is 11.6. The molecule has 0 saturated heterocycles. The Kier molecular flexibility index (Phi) is 6.95. The van der Waals surface area contributed by atoms with Crippen LogP contribution in [0.15, 0.2) is 48.5 Å². The third-order valence-electron chi connectivity index (χ3n) is 5.99. The number of aromatic nitrogens is 3. The van der Waals surface area contributed by atoms with Crippen molar-refractivity contribution in [3.05, 3.63) is 82.7 Å². The number of carbonyl (C=O) groups excluding carboxylic acids is 1. The van der Waals surface area contributed by atoms with Crippen molar-refractivity contribution >= 4 is 5.91 Å². The van der Waals surface area contributed by atoms with E-state index in [-0.39, 0.29) is 11.7 Å². The van der Waals surface area contributed by atoms with Gasteiger partial charge in [-0.25, -0.2) is 4.39 Å². The summed E-state index contributed by atoms with van der Waals surface area (Å²) < 4.78 is 15.2. The Hall–Kier alpha value is -3.06. The third kappa shape index (κ3) is 5.40. The molecule has 32 heavy (non-hydrogen) atoms. The number of rotatable bonds is 7. The lowest BCUT2D eigenvalue weighted by molar-refractivity contribution is 0.0954. The van der Waals surface area contributed by atoms with E-state index in [1.165, 1.54) is 35.4 Å². The van der Waals surface area contributed by atoms with Gasteiger partial charge in [0, 0.05) is 51.1 Å². The summed E-state index contributed by atoms with van der Waals surface area (Å²) in [4.78, 5) is 14.7. The van der Waals surface area contributed by atoms with E-state index in [0.29, 0.717) is 24.4 Å². The molecule has 0 aliphatic carbocycles. The third-order valence-corrected chi connectivity index (χ3v) is 5.99. The molecular weight excluding hydrogens is 405 g/mol. The zero-order chi connectivity index (χ0) is 22.5. The summed E-state index contributed by atoms with van der Waals surface area (Å²) in [6, 6.07) is 14.5. The van der Waals surface area contributed by atoms with Crippen LogP contribution in [0.5, 0.6) is 0 Å². The van der Waals surface area contributed by atoms with E-state index in [4.69, 9.17) is 0 Å². The van der Waals surface area contributed by atoms with Crippen LogP contribution >= 0.6 is 0 Å². The first-order valence-corrected chi connectivity index (χ1v) is 11.3. The highest BCUT2D eigenvalue weighted by atomic mass is 19.1. The molecular formula is C25H30FN5O. The normalized spacial score (nSPS) is 14.2. The molecule has 0 bridgehead atoms. The van der Waals surface area contributed by atoms with E-state index in [1.807, 2.05) is 0 Å². The maximum Gasteiger partial charge on any atom is 0.251 e. The lowest BCUT2D eigenvalue weighted by atomic mass is 10.0. The molecule has 0 atom stereocenters.